The third-order valence-corrected chi connectivity index (χ3v) is 10.6. The standard InChI is InChI=1S/C31H45FSi/c1-3-5-6-18-31(19-21-33-22-20-31)28-15-12-26(13-16-28)29-17-14-27(23-30(29)32)25-10-8-24(7-4-2)9-11-25/h12-17,23-25H,3-11,18-22,33H2,1-2H3. The molecule has 2 aromatic carbocycles. The number of rotatable bonds is 9. The van der Waals surface area contributed by atoms with E-state index < -0.39 is 0 Å². The summed E-state index contributed by atoms with van der Waals surface area (Å²) in [5.74, 6) is 1.39. The molecule has 0 bridgehead atoms. The lowest BCUT2D eigenvalue weighted by molar-refractivity contribution is 0.308. The Kier molecular flexibility index (Phi) is 8.85. The second kappa shape index (κ2) is 11.8. The summed E-state index contributed by atoms with van der Waals surface area (Å²) in [5, 5.41) is 0. The summed E-state index contributed by atoms with van der Waals surface area (Å²) in [4.78, 5) is 0. The second-order valence-corrected chi connectivity index (χ2v) is 13.2. The van der Waals surface area contributed by atoms with Gasteiger partial charge < -0.3 is 0 Å². The van der Waals surface area contributed by atoms with E-state index in [-0.39, 0.29) is 15.3 Å². The van der Waals surface area contributed by atoms with Crippen molar-refractivity contribution < 1.29 is 4.39 Å². The number of hydrogen-bond donors (Lipinski definition) is 0. The molecule has 1 aliphatic heterocycles. The van der Waals surface area contributed by atoms with Crippen molar-refractivity contribution in [3.8, 4) is 11.1 Å². The Morgan fingerprint density at radius 3 is 2.24 bits per heavy atom. The third-order valence-electron chi connectivity index (χ3n) is 8.89. The minimum absolute atomic E-state index is 0.0442. The first-order chi connectivity index (χ1) is 16.1. The van der Waals surface area contributed by atoms with E-state index in [0.29, 0.717) is 11.3 Å². The first kappa shape index (κ1) is 24.7. The van der Waals surface area contributed by atoms with Crippen LogP contribution in [0.1, 0.15) is 108 Å². The van der Waals surface area contributed by atoms with Crippen molar-refractivity contribution in [2.24, 2.45) is 5.92 Å². The van der Waals surface area contributed by atoms with Crippen LogP contribution in [-0.4, -0.2) is 9.52 Å². The Balaban J connectivity index is 1.47. The minimum Gasteiger partial charge on any atom is -0.206 e. The van der Waals surface area contributed by atoms with Crippen molar-refractivity contribution in [3.05, 3.63) is 59.4 Å². The predicted molar refractivity (Wildman–Crippen MR) is 145 cm³/mol. The average Bonchev–Trinajstić information content (AvgIpc) is 2.86. The fourth-order valence-electron chi connectivity index (χ4n) is 6.84. The fraction of sp³-hybridized carbons (Fsp3) is 0.613. The molecular weight excluding hydrogens is 419 g/mol. The summed E-state index contributed by atoms with van der Waals surface area (Å²) in [7, 11) is 0.183. The van der Waals surface area contributed by atoms with Gasteiger partial charge in [0, 0.05) is 15.1 Å². The van der Waals surface area contributed by atoms with Crippen LogP contribution in [-0.2, 0) is 5.41 Å². The van der Waals surface area contributed by atoms with Gasteiger partial charge in [-0.25, -0.2) is 4.39 Å². The van der Waals surface area contributed by atoms with Gasteiger partial charge in [-0.3, -0.25) is 0 Å². The SMILES string of the molecule is CCCCCC1(c2ccc(-c3ccc(C4CCC(CCC)CC4)cc3F)cc2)CC[SiH2]CC1. The van der Waals surface area contributed by atoms with Gasteiger partial charge in [0.15, 0.2) is 0 Å². The van der Waals surface area contributed by atoms with Crippen LogP contribution in [0.25, 0.3) is 11.1 Å². The number of halogens is 1. The monoisotopic (exact) mass is 464 g/mol. The highest BCUT2D eigenvalue weighted by molar-refractivity contribution is 6.35. The molecule has 0 spiro atoms. The Labute approximate surface area is 204 Å². The van der Waals surface area contributed by atoms with E-state index in [1.165, 1.54) is 100 Å². The Morgan fingerprint density at radius 1 is 0.879 bits per heavy atom. The Morgan fingerprint density at radius 2 is 1.61 bits per heavy atom. The van der Waals surface area contributed by atoms with E-state index in [1.54, 1.807) is 0 Å². The van der Waals surface area contributed by atoms with E-state index in [1.807, 2.05) is 12.1 Å². The van der Waals surface area contributed by atoms with Crippen LogP contribution in [0.3, 0.4) is 0 Å². The zero-order valence-corrected chi connectivity index (χ0v) is 22.6. The molecule has 0 aromatic heterocycles. The summed E-state index contributed by atoms with van der Waals surface area (Å²) in [6, 6.07) is 18.1. The quantitative estimate of drug-likeness (QED) is 0.256. The largest absolute Gasteiger partial charge is 0.206 e. The molecule has 0 radical (unpaired) electrons. The van der Waals surface area contributed by atoms with Crippen LogP contribution in [0, 0.1) is 11.7 Å². The highest BCUT2D eigenvalue weighted by Crippen LogP contribution is 2.43. The Hall–Kier alpha value is -1.41. The van der Waals surface area contributed by atoms with Crippen molar-refractivity contribution >= 4 is 9.52 Å². The molecular formula is C31H45FSi. The highest BCUT2D eigenvalue weighted by atomic mass is 28.2. The lowest BCUT2D eigenvalue weighted by Crippen LogP contribution is -2.30. The lowest BCUT2D eigenvalue weighted by atomic mass is 9.71. The molecule has 2 aromatic rings. The second-order valence-electron chi connectivity index (χ2n) is 11.1. The molecule has 0 N–H and O–H groups in total. The zero-order valence-electron chi connectivity index (χ0n) is 21.2. The molecule has 0 amide bonds. The summed E-state index contributed by atoms with van der Waals surface area (Å²) in [6.07, 6.45) is 15.8. The van der Waals surface area contributed by atoms with Gasteiger partial charge in [0.1, 0.15) is 5.82 Å². The van der Waals surface area contributed by atoms with Crippen molar-refractivity contribution in [1.29, 1.82) is 0 Å². The van der Waals surface area contributed by atoms with E-state index in [2.05, 4.69) is 44.2 Å². The lowest BCUT2D eigenvalue weighted by Gasteiger charge is -2.38. The van der Waals surface area contributed by atoms with Gasteiger partial charge in [-0.1, -0.05) is 94.4 Å². The van der Waals surface area contributed by atoms with Crippen molar-refractivity contribution in [2.45, 2.75) is 114 Å². The molecule has 0 atom stereocenters. The molecule has 2 heteroatoms. The van der Waals surface area contributed by atoms with Gasteiger partial charge in [0.05, 0.1) is 0 Å². The van der Waals surface area contributed by atoms with E-state index in [4.69, 9.17) is 0 Å². The molecule has 33 heavy (non-hydrogen) atoms. The third kappa shape index (κ3) is 5.99. The van der Waals surface area contributed by atoms with Crippen LogP contribution < -0.4 is 0 Å². The van der Waals surface area contributed by atoms with Crippen molar-refractivity contribution in [1.82, 2.24) is 0 Å². The number of benzene rings is 2. The summed E-state index contributed by atoms with van der Waals surface area (Å²) in [5.41, 5.74) is 4.91. The van der Waals surface area contributed by atoms with Crippen LogP contribution >= 0.6 is 0 Å². The van der Waals surface area contributed by atoms with Crippen LogP contribution in [0.2, 0.25) is 12.1 Å². The minimum atomic E-state index is -0.0442. The molecule has 2 fully saturated rings. The zero-order chi connectivity index (χ0) is 23.1. The van der Waals surface area contributed by atoms with Gasteiger partial charge in [-0.05, 0) is 85.0 Å². The maximum Gasteiger partial charge on any atom is 0.131 e. The van der Waals surface area contributed by atoms with Crippen LogP contribution in [0.15, 0.2) is 42.5 Å². The van der Waals surface area contributed by atoms with Gasteiger partial charge in [-0.2, -0.15) is 0 Å². The Bertz CT molecular complexity index is 857. The van der Waals surface area contributed by atoms with Crippen molar-refractivity contribution in [2.75, 3.05) is 0 Å². The van der Waals surface area contributed by atoms with Gasteiger partial charge in [-0.15, -0.1) is 0 Å². The highest BCUT2D eigenvalue weighted by Gasteiger charge is 2.33. The number of unbranched alkanes of at least 4 members (excludes halogenated alkanes) is 2. The van der Waals surface area contributed by atoms with E-state index >= 15 is 4.39 Å². The molecule has 1 heterocycles. The summed E-state index contributed by atoms with van der Waals surface area (Å²) in [6.45, 7) is 4.59. The molecule has 4 rings (SSSR count). The van der Waals surface area contributed by atoms with Crippen molar-refractivity contribution in [3.63, 3.8) is 0 Å². The predicted octanol–water partition coefficient (Wildman–Crippen LogP) is 9.18. The van der Waals surface area contributed by atoms with Gasteiger partial charge in [0.25, 0.3) is 0 Å². The first-order valence-electron chi connectivity index (χ1n) is 14.1. The van der Waals surface area contributed by atoms with Crippen LogP contribution in [0.4, 0.5) is 4.39 Å². The molecule has 1 aliphatic carbocycles. The summed E-state index contributed by atoms with van der Waals surface area (Å²) < 4.78 is 15.2. The first-order valence-corrected chi connectivity index (χ1v) is 16.1. The van der Waals surface area contributed by atoms with Crippen LogP contribution in [0.5, 0.6) is 0 Å². The molecule has 0 nitrogen and oxygen atoms in total. The maximum absolute atomic E-state index is 15.2. The summed E-state index contributed by atoms with van der Waals surface area (Å²) >= 11 is 0. The molecule has 0 unspecified atom stereocenters. The fourth-order valence-corrected chi connectivity index (χ4v) is 9.05. The molecule has 1 saturated heterocycles. The smallest absolute Gasteiger partial charge is 0.131 e. The normalized spacial score (nSPS) is 26.5. The molecule has 180 valence electrons. The van der Waals surface area contributed by atoms with E-state index in [9.17, 15) is 0 Å². The number of hydrogen-bond acceptors (Lipinski definition) is 0. The average molecular weight is 465 g/mol. The maximum atomic E-state index is 15.2. The van der Waals surface area contributed by atoms with Gasteiger partial charge in [0.2, 0.25) is 0 Å². The van der Waals surface area contributed by atoms with E-state index in [0.717, 1.165) is 17.0 Å². The topological polar surface area (TPSA) is 0 Å². The molecule has 1 saturated carbocycles. The van der Waals surface area contributed by atoms with Gasteiger partial charge >= 0.3 is 0 Å². The molecule has 2 aliphatic rings.